The average Bonchev–Trinajstić information content (AvgIpc) is 3.14. The van der Waals surface area contributed by atoms with Crippen LogP contribution >= 0.6 is 0 Å². The van der Waals surface area contributed by atoms with E-state index in [9.17, 15) is 9.90 Å². The summed E-state index contributed by atoms with van der Waals surface area (Å²) in [6, 6.07) is 0. The number of aliphatic carboxylic acids is 1. The smallest absolute Gasteiger partial charge is 0.310 e. The van der Waals surface area contributed by atoms with Crippen LogP contribution in [0.25, 0.3) is 0 Å². The van der Waals surface area contributed by atoms with Crippen LogP contribution in [0, 0.1) is 35.0 Å². The molecular formula is C51H102O2. The number of hydrogen-bond donors (Lipinski definition) is 1. The molecule has 0 aromatic carbocycles. The molecule has 0 heterocycles. The molecule has 0 aliphatic heterocycles. The molecule has 0 aromatic rings. The van der Waals surface area contributed by atoms with E-state index in [1.54, 1.807) is 0 Å². The van der Waals surface area contributed by atoms with Crippen LogP contribution in [0.3, 0.4) is 0 Å². The Labute approximate surface area is 336 Å². The molecule has 1 N–H and O–H groups in total. The van der Waals surface area contributed by atoms with Crippen molar-refractivity contribution in [1.82, 2.24) is 0 Å². The highest BCUT2D eigenvalue weighted by atomic mass is 16.4. The van der Waals surface area contributed by atoms with Gasteiger partial charge in [0.1, 0.15) is 0 Å². The van der Waals surface area contributed by atoms with Crippen molar-refractivity contribution in [2.24, 2.45) is 35.0 Å². The molecule has 318 valence electrons. The monoisotopic (exact) mass is 747 g/mol. The second-order valence-corrected chi connectivity index (χ2v) is 18.6. The molecule has 0 aliphatic rings. The number of carboxylic acids is 1. The van der Waals surface area contributed by atoms with Crippen LogP contribution in [0.5, 0.6) is 0 Å². The predicted molar refractivity (Wildman–Crippen MR) is 239 cm³/mol. The van der Waals surface area contributed by atoms with Crippen LogP contribution in [-0.4, -0.2) is 11.1 Å². The maximum absolute atomic E-state index is 14.2. The molecule has 53 heavy (non-hydrogen) atoms. The normalized spacial score (nSPS) is 15.9. The van der Waals surface area contributed by atoms with Crippen molar-refractivity contribution in [3.05, 3.63) is 0 Å². The standard InChI is InChI=1S/C51H102O2/c1-9-13-17-21-25-29-33-37-41-45(5)49(46(6)42-38-34-30-26-22-18-14-10-2)51(50(52)53,47(7)43-39-35-31-27-23-19-15-11-3)48(8)44-40-36-32-28-24-20-16-12-4/h45-49H,9-44H2,1-8H3,(H,52,53). The van der Waals surface area contributed by atoms with Gasteiger partial charge in [0.25, 0.3) is 0 Å². The Hall–Kier alpha value is -0.530. The van der Waals surface area contributed by atoms with E-state index in [1.165, 1.54) is 218 Å². The first kappa shape index (κ1) is 52.5. The van der Waals surface area contributed by atoms with E-state index in [0.717, 1.165) is 12.8 Å². The van der Waals surface area contributed by atoms with Crippen molar-refractivity contribution in [3.63, 3.8) is 0 Å². The van der Waals surface area contributed by atoms with Gasteiger partial charge >= 0.3 is 5.97 Å². The molecule has 0 saturated heterocycles. The van der Waals surface area contributed by atoms with Gasteiger partial charge in [-0.1, -0.05) is 274 Å². The Morgan fingerprint density at radius 3 is 0.792 bits per heavy atom. The second kappa shape index (κ2) is 37.1. The lowest BCUT2D eigenvalue weighted by Gasteiger charge is -2.51. The topological polar surface area (TPSA) is 37.3 Å². The summed E-state index contributed by atoms with van der Waals surface area (Å²) in [5, 5.41) is 11.7. The van der Waals surface area contributed by atoms with E-state index in [4.69, 9.17) is 0 Å². The van der Waals surface area contributed by atoms with Gasteiger partial charge in [-0.3, -0.25) is 4.79 Å². The van der Waals surface area contributed by atoms with Crippen LogP contribution in [0.1, 0.15) is 287 Å². The predicted octanol–water partition coefficient (Wildman–Crippen LogP) is 18.3. The number of unbranched alkanes of at least 4 members (excludes halogenated alkanes) is 28. The van der Waals surface area contributed by atoms with Gasteiger partial charge in [-0.25, -0.2) is 0 Å². The first-order valence-electron chi connectivity index (χ1n) is 25.0. The highest BCUT2D eigenvalue weighted by Gasteiger charge is 2.55. The van der Waals surface area contributed by atoms with Crippen molar-refractivity contribution in [2.75, 3.05) is 0 Å². The molecule has 0 amide bonds. The zero-order valence-corrected chi connectivity index (χ0v) is 38.2. The molecule has 0 radical (unpaired) electrons. The summed E-state index contributed by atoms with van der Waals surface area (Å²) in [6.45, 7) is 18.9. The molecule has 2 nitrogen and oxygen atoms in total. The first-order chi connectivity index (χ1) is 25.7. The fraction of sp³-hybridized carbons (Fsp3) is 0.980. The molecule has 0 saturated carbocycles. The molecule has 0 aromatic heterocycles. The van der Waals surface area contributed by atoms with E-state index >= 15 is 0 Å². The first-order valence-corrected chi connectivity index (χ1v) is 25.0. The average molecular weight is 747 g/mol. The van der Waals surface area contributed by atoms with Crippen LogP contribution in [0.15, 0.2) is 0 Å². The van der Waals surface area contributed by atoms with Crippen molar-refractivity contribution in [3.8, 4) is 0 Å². The summed E-state index contributed by atoms with van der Waals surface area (Å²) < 4.78 is 0. The largest absolute Gasteiger partial charge is 0.481 e. The lowest BCUT2D eigenvalue weighted by molar-refractivity contribution is -0.170. The summed E-state index contributed by atoms with van der Waals surface area (Å²) >= 11 is 0. The third kappa shape index (κ3) is 24.7. The van der Waals surface area contributed by atoms with Gasteiger partial charge in [0.05, 0.1) is 5.41 Å². The fourth-order valence-corrected chi connectivity index (χ4v) is 10.4. The van der Waals surface area contributed by atoms with Gasteiger partial charge in [0.15, 0.2) is 0 Å². The molecule has 2 heteroatoms. The summed E-state index contributed by atoms with van der Waals surface area (Å²) in [5.41, 5.74) is -0.638. The maximum Gasteiger partial charge on any atom is 0.310 e. The summed E-state index contributed by atoms with van der Waals surface area (Å²) in [6.07, 6.45) is 47.2. The van der Waals surface area contributed by atoms with Crippen molar-refractivity contribution in [2.45, 2.75) is 287 Å². The van der Waals surface area contributed by atoms with Gasteiger partial charge in [-0.2, -0.15) is 0 Å². The summed E-state index contributed by atoms with van der Waals surface area (Å²) in [5.74, 6) is 1.15. The van der Waals surface area contributed by atoms with Crippen LogP contribution in [0.4, 0.5) is 0 Å². The van der Waals surface area contributed by atoms with Gasteiger partial charge in [0.2, 0.25) is 0 Å². The lowest BCUT2D eigenvalue weighted by Crippen LogP contribution is -2.53. The van der Waals surface area contributed by atoms with E-state index in [1.807, 2.05) is 0 Å². The van der Waals surface area contributed by atoms with E-state index in [0.29, 0.717) is 11.8 Å². The molecular weight excluding hydrogens is 645 g/mol. The van der Waals surface area contributed by atoms with Crippen LogP contribution in [-0.2, 0) is 4.79 Å². The minimum absolute atomic E-state index is 0.219. The molecule has 0 bridgehead atoms. The minimum atomic E-state index is -0.638. The van der Waals surface area contributed by atoms with E-state index in [2.05, 4.69) is 55.4 Å². The Morgan fingerprint density at radius 2 is 0.566 bits per heavy atom. The summed E-state index contributed by atoms with van der Waals surface area (Å²) in [7, 11) is 0. The lowest BCUT2D eigenvalue weighted by atomic mass is 9.51. The van der Waals surface area contributed by atoms with Gasteiger partial charge in [-0.15, -0.1) is 0 Å². The zero-order chi connectivity index (χ0) is 39.4. The quantitative estimate of drug-likeness (QED) is 0.0632. The fourth-order valence-electron chi connectivity index (χ4n) is 10.4. The third-order valence-electron chi connectivity index (χ3n) is 13.8. The van der Waals surface area contributed by atoms with Crippen LogP contribution in [0.2, 0.25) is 0 Å². The molecule has 0 spiro atoms. The Bertz CT molecular complexity index is 707. The molecule has 4 atom stereocenters. The van der Waals surface area contributed by atoms with Crippen molar-refractivity contribution < 1.29 is 9.90 Å². The zero-order valence-electron chi connectivity index (χ0n) is 38.2. The number of rotatable bonds is 42. The second-order valence-electron chi connectivity index (χ2n) is 18.6. The molecule has 4 unspecified atom stereocenters. The highest BCUT2D eigenvalue weighted by Crippen LogP contribution is 2.54. The molecule has 0 aliphatic carbocycles. The minimum Gasteiger partial charge on any atom is -0.481 e. The van der Waals surface area contributed by atoms with Crippen LogP contribution < -0.4 is 0 Å². The summed E-state index contributed by atoms with van der Waals surface area (Å²) in [4.78, 5) is 14.2. The van der Waals surface area contributed by atoms with Gasteiger partial charge in [0, 0.05) is 0 Å². The number of carbonyl (C=O) groups is 1. The highest BCUT2D eigenvalue weighted by molar-refractivity contribution is 5.76. The Morgan fingerprint density at radius 1 is 0.358 bits per heavy atom. The van der Waals surface area contributed by atoms with Gasteiger partial charge in [-0.05, 0) is 42.4 Å². The Balaban J connectivity index is 6.04. The van der Waals surface area contributed by atoms with E-state index < -0.39 is 11.4 Å². The third-order valence-corrected chi connectivity index (χ3v) is 13.8. The molecule has 0 fully saturated rings. The molecule has 0 rings (SSSR count). The Kier molecular flexibility index (Phi) is 36.7. The number of hydrogen-bond acceptors (Lipinski definition) is 1. The number of carboxylic acid groups (broad SMARTS) is 1. The van der Waals surface area contributed by atoms with E-state index in [-0.39, 0.29) is 17.8 Å². The van der Waals surface area contributed by atoms with Crippen molar-refractivity contribution >= 4 is 5.97 Å². The SMILES string of the molecule is CCCCCCCCCCC(C)C(C(C)CCCCCCCCCC)C(C(=O)O)(C(C)CCCCCCCCCC)C(C)CCCCCCCCCC. The maximum atomic E-state index is 14.2. The van der Waals surface area contributed by atoms with Gasteiger partial charge < -0.3 is 5.11 Å². The van der Waals surface area contributed by atoms with Crippen molar-refractivity contribution in [1.29, 1.82) is 0 Å².